The number of benzene rings is 3. The maximum absolute atomic E-state index is 13.6. The van der Waals surface area contributed by atoms with Crippen LogP contribution in [0.5, 0.6) is 11.5 Å². The Morgan fingerprint density at radius 1 is 1.06 bits per heavy atom. The van der Waals surface area contributed by atoms with Crippen molar-refractivity contribution in [3.63, 3.8) is 0 Å². The predicted molar refractivity (Wildman–Crippen MR) is 143 cm³/mol. The van der Waals surface area contributed by atoms with Crippen LogP contribution < -0.4 is 20.3 Å². The molecule has 36 heavy (non-hydrogen) atoms. The zero-order valence-corrected chi connectivity index (χ0v) is 20.8. The number of nitrogens with zero attached hydrogens (tertiary/aromatic N) is 2. The molecule has 182 valence electrons. The molecule has 8 nitrogen and oxygen atoms in total. The van der Waals surface area contributed by atoms with Crippen LogP contribution in [0.15, 0.2) is 76.7 Å². The number of aryl methyl sites for hydroxylation is 1. The highest BCUT2D eigenvalue weighted by molar-refractivity contribution is 7.99. The van der Waals surface area contributed by atoms with Gasteiger partial charge in [-0.05, 0) is 37.3 Å². The van der Waals surface area contributed by atoms with E-state index in [4.69, 9.17) is 14.5 Å². The van der Waals surface area contributed by atoms with Crippen molar-refractivity contribution in [2.75, 3.05) is 25.3 Å². The number of anilines is 1. The number of carbonyl (C=O) groups excluding carboxylic acids is 1. The smallest absolute Gasteiger partial charge is 0.283 e. The van der Waals surface area contributed by atoms with Crippen LogP contribution >= 0.6 is 11.8 Å². The molecule has 0 saturated heterocycles. The average Bonchev–Trinajstić information content (AvgIpc) is 3.27. The van der Waals surface area contributed by atoms with Crippen LogP contribution in [0.2, 0.25) is 0 Å². The van der Waals surface area contributed by atoms with Crippen molar-refractivity contribution in [3.8, 4) is 17.2 Å². The molecule has 2 heterocycles. The Morgan fingerprint density at radius 3 is 2.58 bits per heavy atom. The van der Waals surface area contributed by atoms with Gasteiger partial charge < -0.3 is 19.8 Å². The van der Waals surface area contributed by atoms with Gasteiger partial charge in [0.15, 0.2) is 5.16 Å². The van der Waals surface area contributed by atoms with E-state index in [1.54, 1.807) is 29.9 Å². The normalized spacial score (nSPS) is 11.1. The standard InChI is InChI=1S/C27H24N4O4S/c1-16-8-10-17(11-9-16)31-26(33)25-24(19-6-4-5-7-20(19)29-25)30-27(31)36-15-23(32)28-21-14-18(34-2)12-13-22(21)35-3/h4-14,29H,15H2,1-3H3,(H,28,32). The number of carbonyl (C=O) groups is 1. The zero-order chi connectivity index (χ0) is 25.2. The summed E-state index contributed by atoms with van der Waals surface area (Å²) in [5.41, 5.74) is 3.86. The van der Waals surface area contributed by atoms with Crippen LogP contribution in [0.1, 0.15) is 5.56 Å². The van der Waals surface area contributed by atoms with Gasteiger partial charge in [0.25, 0.3) is 5.56 Å². The molecule has 0 aliphatic heterocycles. The fraction of sp³-hybridized carbons (Fsp3) is 0.148. The number of fused-ring (bicyclic) bond motifs is 3. The average molecular weight is 501 g/mol. The van der Waals surface area contributed by atoms with E-state index in [-0.39, 0.29) is 17.2 Å². The quantitative estimate of drug-likeness (QED) is 0.243. The number of amides is 1. The number of thioether (sulfide) groups is 1. The number of ether oxygens (including phenoxy) is 2. The Bertz CT molecular complexity index is 1640. The van der Waals surface area contributed by atoms with Crippen molar-refractivity contribution in [1.82, 2.24) is 14.5 Å². The SMILES string of the molecule is COc1ccc(OC)c(NC(=O)CSc2nc3c([nH]c4ccccc43)c(=O)n2-c2ccc(C)cc2)c1. The molecule has 3 aromatic carbocycles. The van der Waals surface area contributed by atoms with Crippen molar-refractivity contribution in [3.05, 3.63) is 82.6 Å². The van der Waals surface area contributed by atoms with E-state index < -0.39 is 0 Å². The van der Waals surface area contributed by atoms with Crippen LogP contribution in [0.4, 0.5) is 5.69 Å². The third-order valence-electron chi connectivity index (χ3n) is 5.80. The minimum Gasteiger partial charge on any atom is -0.497 e. The lowest BCUT2D eigenvalue weighted by Crippen LogP contribution is -2.23. The fourth-order valence-corrected chi connectivity index (χ4v) is 4.79. The molecular weight excluding hydrogens is 476 g/mol. The number of aromatic amines is 1. The Balaban J connectivity index is 1.52. The van der Waals surface area contributed by atoms with Gasteiger partial charge in [-0.25, -0.2) is 4.98 Å². The third kappa shape index (κ3) is 4.40. The van der Waals surface area contributed by atoms with E-state index in [1.807, 2.05) is 55.5 Å². The Morgan fingerprint density at radius 2 is 1.83 bits per heavy atom. The van der Waals surface area contributed by atoms with Gasteiger partial charge in [-0.15, -0.1) is 0 Å². The molecule has 0 atom stereocenters. The number of aromatic nitrogens is 3. The van der Waals surface area contributed by atoms with Crippen molar-refractivity contribution in [2.45, 2.75) is 12.1 Å². The number of H-pyrrole nitrogens is 1. The van der Waals surface area contributed by atoms with Gasteiger partial charge in [0.2, 0.25) is 5.91 Å². The lowest BCUT2D eigenvalue weighted by Gasteiger charge is -2.14. The highest BCUT2D eigenvalue weighted by Crippen LogP contribution is 2.30. The third-order valence-corrected chi connectivity index (χ3v) is 6.74. The second-order valence-electron chi connectivity index (χ2n) is 8.17. The molecule has 5 rings (SSSR count). The molecule has 0 radical (unpaired) electrons. The number of para-hydroxylation sites is 1. The largest absolute Gasteiger partial charge is 0.497 e. The topological polar surface area (TPSA) is 98.2 Å². The second kappa shape index (κ2) is 9.79. The summed E-state index contributed by atoms with van der Waals surface area (Å²) in [7, 11) is 3.09. The van der Waals surface area contributed by atoms with Gasteiger partial charge in [0, 0.05) is 17.0 Å². The number of hydrogen-bond acceptors (Lipinski definition) is 6. The minimum atomic E-state index is -0.268. The van der Waals surface area contributed by atoms with Crippen LogP contribution in [0.25, 0.3) is 27.6 Å². The maximum atomic E-state index is 13.6. The molecule has 0 aliphatic carbocycles. The molecule has 5 aromatic rings. The Labute approximate surface area is 211 Å². The van der Waals surface area contributed by atoms with Crippen molar-refractivity contribution >= 4 is 45.3 Å². The van der Waals surface area contributed by atoms with Crippen LogP contribution in [-0.2, 0) is 4.79 Å². The van der Waals surface area contributed by atoms with E-state index in [0.717, 1.165) is 16.5 Å². The van der Waals surface area contributed by atoms with E-state index in [2.05, 4.69) is 10.3 Å². The van der Waals surface area contributed by atoms with Crippen LogP contribution in [0.3, 0.4) is 0 Å². The van der Waals surface area contributed by atoms with E-state index in [9.17, 15) is 9.59 Å². The van der Waals surface area contributed by atoms with Crippen molar-refractivity contribution < 1.29 is 14.3 Å². The van der Waals surface area contributed by atoms with Gasteiger partial charge in [0.05, 0.1) is 31.3 Å². The molecule has 0 fully saturated rings. The monoisotopic (exact) mass is 500 g/mol. The van der Waals surface area contributed by atoms with E-state index in [0.29, 0.717) is 39.1 Å². The molecule has 1 amide bonds. The summed E-state index contributed by atoms with van der Waals surface area (Å²) in [5, 5.41) is 4.14. The van der Waals surface area contributed by atoms with Gasteiger partial charge in [0.1, 0.15) is 22.5 Å². The first-order valence-corrected chi connectivity index (χ1v) is 12.2. The lowest BCUT2D eigenvalue weighted by atomic mass is 10.2. The molecule has 0 aliphatic rings. The minimum absolute atomic E-state index is 0.0343. The van der Waals surface area contributed by atoms with Gasteiger partial charge >= 0.3 is 0 Å². The summed E-state index contributed by atoms with van der Waals surface area (Å²) in [5.74, 6) is 0.879. The van der Waals surface area contributed by atoms with E-state index in [1.165, 1.54) is 18.9 Å². The first-order chi connectivity index (χ1) is 17.5. The molecule has 9 heteroatoms. The summed E-state index contributed by atoms with van der Waals surface area (Å²) in [6, 6.07) is 20.4. The van der Waals surface area contributed by atoms with E-state index >= 15 is 0 Å². The molecule has 2 aromatic heterocycles. The van der Waals surface area contributed by atoms with Gasteiger partial charge in [-0.1, -0.05) is 47.7 Å². The molecule has 0 unspecified atom stereocenters. The summed E-state index contributed by atoms with van der Waals surface area (Å²) in [4.78, 5) is 34.6. The first kappa shape index (κ1) is 23.5. The first-order valence-electron chi connectivity index (χ1n) is 11.2. The lowest BCUT2D eigenvalue weighted by molar-refractivity contribution is -0.113. The Hall–Kier alpha value is -4.24. The van der Waals surface area contributed by atoms with Gasteiger partial charge in [-0.3, -0.25) is 14.2 Å². The molecule has 2 N–H and O–H groups in total. The van der Waals surface area contributed by atoms with Gasteiger partial charge in [-0.2, -0.15) is 0 Å². The summed E-state index contributed by atoms with van der Waals surface area (Å²) in [6.07, 6.45) is 0. The van der Waals surface area contributed by atoms with Crippen molar-refractivity contribution in [2.24, 2.45) is 0 Å². The fourth-order valence-electron chi connectivity index (χ4n) is 3.99. The summed E-state index contributed by atoms with van der Waals surface area (Å²) < 4.78 is 12.2. The number of nitrogens with one attached hydrogen (secondary N) is 2. The highest BCUT2D eigenvalue weighted by atomic mass is 32.2. The van der Waals surface area contributed by atoms with Crippen LogP contribution in [-0.4, -0.2) is 40.4 Å². The predicted octanol–water partition coefficient (Wildman–Crippen LogP) is 4.92. The molecule has 0 saturated carbocycles. The molecular formula is C27H24N4O4S. The summed E-state index contributed by atoms with van der Waals surface area (Å²) in [6.45, 7) is 1.98. The molecule has 0 spiro atoms. The maximum Gasteiger partial charge on any atom is 0.283 e. The Kier molecular flexibility index (Phi) is 6.39. The van der Waals surface area contributed by atoms with Crippen LogP contribution in [0, 0.1) is 6.92 Å². The highest BCUT2D eigenvalue weighted by Gasteiger charge is 2.18. The number of methoxy groups -OCH3 is 2. The van der Waals surface area contributed by atoms with Crippen molar-refractivity contribution in [1.29, 1.82) is 0 Å². The number of rotatable bonds is 7. The second-order valence-corrected chi connectivity index (χ2v) is 9.11. The zero-order valence-electron chi connectivity index (χ0n) is 20.0. The summed E-state index contributed by atoms with van der Waals surface area (Å²) >= 11 is 1.19. The number of hydrogen-bond donors (Lipinski definition) is 2. The molecule has 0 bridgehead atoms.